The maximum atomic E-state index is 12.8. The van der Waals surface area contributed by atoms with Gasteiger partial charge in [0.2, 0.25) is 0 Å². The third-order valence-corrected chi connectivity index (χ3v) is 6.29. The van der Waals surface area contributed by atoms with E-state index in [0.29, 0.717) is 24.6 Å². The highest BCUT2D eigenvalue weighted by Crippen LogP contribution is 2.44. The summed E-state index contributed by atoms with van der Waals surface area (Å²) in [4.78, 5) is 15.1. The molecule has 1 aromatic carbocycles. The summed E-state index contributed by atoms with van der Waals surface area (Å²) in [7, 11) is -1.12. The fourth-order valence-electron chi connectivity index (χ4n) is 4.57. The van der Waals surface area contributed by atoms with Crippen LogP contribution in [0.4, 0.5) is 0 Å². The van der Waals surface area contributed by atoms with Crippen molar-refractivity contribution < 1.29 is 24.5 Å². The van der Waals surface area contributed by atoms with Crippen LogP contribution in [0.2, 0.25) is 0 Å². The molecule has 2 aliphatic rings. The van der Waals surface area contributed by atoms with E-state index >= 15 is 0 Å². The molecule has 2 heterocycles. The van der Waals surface area contributed by atoms with E-state index in [1.54, 1.807) is 12.1 Å². The number of nitrogens with two attached hydrogens (primary N) is 1. The van der Waals surface area contributed by atoms with E-state index in [9.17, 15) is 6.17 Å². The van der Waals surface area contributed by atoms with Gasteiger partial charge in [0, 0.05) is 31.5 Å². The van der Waals surface area contributed by atoms with Crippen LogP contribution in [0.5, 0.6) is 11.5 Å². The molecule has 0 bridgehead atoms. The lowest BCUT2D eigenvalue weighted by atomic mass is 9.79. The van der Waals surface area contributed by atoms with E-state index in [4.69, 9.17) is 24.1 Å². The van der Waals surface area contributed by atoms with E-state index in [1.807, 2.05) is 13.8 Å². The average Bonchev–Trinajstić information content (AvgIpc) is 2.71. The van der Waals surface area contributed by atoms with Crippen molar-refractivity contribution in [3.8, 4) is 11.5 Å². The van der Waals surface area contributed by atoms with Crippen molar-refractivity contribution in [1.82, 2.24) is 4.90 Å². The summed E-state index contributed by atoms with van der Waals surface area (Å²) in [5, 5.41) is 0. The van der Waals surface area contributed by atoms with E-state index < -0.39 is 25.1 Å². The van der Waals surface area contributed by atoms with Gasteiger partial charge in [0.25, 0.3) is 0 Å². The lowest BCUT2D eigenvalue weighted by Gasteiger charge is -2.47. The summed E-state index contributed by atoms with van der Waals surface area (Å²) in [5.74, 6) is 0.0811. The van der Waals surface area contributed by atoms with Gasteiger partial charge in [0.05, 0.1) is 19.6 Å². The van der Waals surface area contributed by atoms with Crippen molar-refractivity contribution in [1.29, 1.82) is 0 Å². The Kier molecular flexibility index (Phi) is 5.69. The molecule has 0 aromatic heterocycles. The summed E-state index contributed by atoms with van der Waals surface area (Å²) < 4.78 is 48.1. The molecule has 6 heteroatoms. The lowest BCUT2D eigenvalue weighted by Crippen LogP contribution is -2.51. The first-order valence-electron chi connectivity index (χ1n) is 12.9. The highest BCUT2D eigenvalue weighted by Gasteiger charge is 2.41. The molecule has 30 heavy (non-hydrogen) atoms. The van der Waals surface area contributed by atoms with Crippen LogP contribution < -0.4 is 15.2 Å². The molecule has 168 valence electrons. The molecule has 3 unspecified atom stereocenters. The number of nitrogens with zero attached hydrogens (tertiary/aromatic N) is 1. The molecule has 0 spiro atoms. The Labute approximate surface area is 186 Å². The van der Waals surface area contributed by atoms with Crippen molar-refractivity contribution in [2.45, 2.75) is 65.1 Å². The summed E-state index contributed by atoms with van der Waals surface area (Å²) in [6.45, 7) is 9.33. The number of carbonyl (C=O) groups is 1. The summed E-state index contributed by atoms with van der Waals surface area (Å²) in [5.41, 5.74) is 7.96. The Morgan fingerprint density at radius 3 is 2.67 bits per heavy atom. The second kappa shape index (κ2) is 9.56. The molecule has 3 rings (SSSR count). The van der Waals surface area contributed by atoms with Gasteiger partial charge in [-0.05, 0) is 47.9 Å². The van der Waals surface area contributed by atoms with E-state index in [1.165, 1.54) is 7.11 Å². The number of piperidine rings is 1. The van der Waals surface area contributed by atoms with Crippen LogP contribution in [-0.2, 0) is 16.0 Å². The Hall–Kier alpha value is -1.79. The molecule has 2 N–H and O–H groups in total. The maximum Gasteiger partial charge on any atom is 0.323 e. The minimum atomic E-state index is -2.59. The van der Waals surface area contributed by atoms with Gasteiger partial charge in [0.15, 0.2) is 11.5 Å². The number of methoxy groups -OCH3 is 2. The van der Waals surface area contributed by atoms with Gasteiger partial charge in [-0.2, -0.15) is 0 Å². The molecule has 6 nitrogen and oxygen atoms in total. The van der Waals surface area contributed by atoms with Gasteiger partial charge >= 0.3 is 5.97 Å². The number of esters is 1. The van der Waals surface area contributed by atoms with Crippen molar-refractivity contribution in [2.75, 3.05) is 27.2 Å². The fourth-order valence-corrected chi connectivity index (χ4v) is 4.57. The molecular formula is C24H38N2O4. The molecule has 1 saturated heterocycles. The zero-order valence-corrected chi connectivity index (χ0v) is 18.7. The minimum Gasteiger partial charge on any atom is -0.493 e. The number of benzene rings is 1. The molecule has 0 aliphatic carbocycles. The third-order valence-electron chi connectivity index (χ3n) is 6.29. The number of hydrogen-bond acceptors (Lipinski definition) is 6. The molecule has 1 aromatic rings. The molecule has 1 fully saturated rings. The predicted molar refractivity (Wildman–Crippen MR) is 118 cm³/mol. The van der Waals surface area contributed by atoms with E-state index in [2.05, 4.69) is 18.7 Å². The summed E-state index contributed by atoms with van der Waals surface area (Å²) in [6.07, 6.45) is 0.379. The van der Waals surface area contributed by atoms with Crippen LogP contribution in [0.15, 0.2) is 12.1 Å². The van der Waals surface area contributed by atoms with E-state index in [-0.39, 0.29) is 23.6 Å². The number of rotatable bonds is 7. The fraction of sp³-hybridized carbons (Fsp3) is 0.708. The average molecular weight is 423 g/mol. The Balaban J connectivity index is 1.96. The molecule has 4 atom stereocenters. The number of fused-ring (bicyclic) bond motifs is 3. The quantitative estimate of drug-likeness (QED) is 0.677. The van der Waals surface area contributed by atoms with Crippen LogP contribution >= 0.6 is 0 Å². The Morgan fingerprint density at radius 2 is 2.03 bits per heavy atom. The zero-order chi connectivity index (χ0) is 25.4. The lowest BCUT2D eigenvalue weighted by molar-refractivity contribution is -0.160. The Bertz CT molecular complexity index is 892. The third kappa shape index (κ3) is 4.75. The summed E-state index contributed by atoms with van der Waals surface area (Å²) in [6, 6.07) is 2.59. The van der Waals surface area contributed by atoms with Gasteiger partial charge in [-0.1, -0.05) is 27.7 Å². The molecule has 0 saturated carbocycles. The van der Waals surface area contributed by atoms with Gasteiger partial charge < -0.3 is 19.9 Å². The molecule has 0 radical (unpaired) electrons. The van der Waals surface area contributed by atoms with Gasteiger partial charge in [-0.25, -0.2) is 0 Å². The van der Waals surface area contributed by atoms with Gasteiger partial charge in [0.1, 0.15) is 12.1 Å². The first-order valence-corrected chi connectivity index (χ1v) is 10.9. The Morgan fingerprint density at radius 1 is 1.30 bits per heavy atom. The minimum absolute atomic E-state index is 0.0870. The second-order valence-corrected chi connectivity index (χ2v) is 9.25. The normalized spacial score (nSPS) is 29.7. The van der Waals surface area contributed by atoms with Crippen molar-refractivity contribution in [3.05, 3.63) is 23.3 Å². The molecular weight excluding hydrogens is 380 g/mol. The first-order chi connectivity index (χ1) is 15.7. The largest absolute Gasteiger partial charge is 0.493 e. The van der Waals surface area contributed by atoms with Crippen LogP contribution in [0.3, 0.4) is 0 Å². The molecule has 0 amide bonds. The van der Waals surface area contributed by atoms with Crippen LogP contribution in [0, 0.1) is 17.8 Å². The van der Waals surface area contributed by atoms with Crippen LogP contribution in [-0.4, -0.2) is 50.2 Å². The van der Waals surface area contributed by atoms with Gasteiger partial charge in [-0.3, -0.25) is 9.69 Å². The maximum absolute atomic E-state index is 12.8. The molecule has 2 aliphatic heterocycles. The first kappa shape index (κ1) is 17.8. The topological polar surface area (TPSA) is 74.0 Å². The number of ether oxygens (including phenoxy) is 3. The standard InChI is InChI=1S/C24H38N2O4/c1-14(2)9-17-13-26-8-7-16-10-21(28-5)22(29-6)11-18(16)19(26)12-20(17)30-24(27)23(25)15(3)4/h10-11,14-15,17,19-20,23H,7-9,12-13,25H2,1-6H3/t17?,19?,20?,23-/m0/s1/i5D3,20D. The van der Waals surface area contributed by atoms with E-state index in [0.717, 1.165) is 30.5 Å². The number of carbonyl (C=O) groups excluding carboxylic acids is 1. The highest BCUT2D eigenvalue weighted by atomic mass is 16.5. The monoisotopic (exact) mass is 422 g/mol. The van der Waals surface area contributed by atoms with Crippen LogP contribution in [0.25, 0.3) is 0 Å². The smallest absolute Gasteiger partial charge is 0.323 e. The van der Waals surface area contributed by atoms with Crippen LogP contribution in [0.1, 0.15) is 63.2 Å². The van der Waals surface area contributed by atoms with Gasteiger partial charge in [-0.15, -0.1) is 0 Å². The van der Waals surface area contributed by atoms with Crippen molar-refractivity contribution in [3.63, 3.8) is 0 Å². The highest BCUT2D eigenvalue weighted by molar-refractivity contribution is 5.76. The predicted octanol–water partition coefficient (Wildman–Crippen LogP) is 3.56. The summed E-state index contributed by atoms with van der Waals surface area (Å²) >= 11 is 0. The van der Waals surface area contributed by atoms with Crippen molar-refractivity contribution >= 4 is 5.97 Å². The zero-order valence-electron chi connectivity index (χ0n) is 22.7. The second-order valence-electron chi connectivity index (χ2n) is 9.25. The SMILES string of the molecule is [2H]C([2H])([2H])Oc1cc2c(cc1OC)C1CC([2H])(OC(=O)[C@@H](N)C(C)C)C(CC(C)C)CN1CC2. The van der Waals surface area contributed by atoms with Crippen molar-refractivity contribution in [2.24, 2.45) is 23.5 Å². The number of hydrogen-bond donors (Lipinski definition) is 1.